The van der Waals surface area contributed by atoms with Crippen molar-refractivity contribution in [1.29, 1.82) is 0 Å². The Bertz CT molecular complexity index is 278. The van der Waals surface area contributed by atoms with Gasteiger partial charge in [0.15, 0.2) is 0 Å². The molecule has 1 aromatic heterocycles. The van der Waals surface area contributed by atoms with E-state index in [1.165, 1.54) is 32.1 Å². The lowest BCUT2D eigenvalue weighted by Gasteiger charge is -2.03. The summed E-state index contributed by atoms with van der Waals surface area (Å²) in [5.74, 6) is 1.14. The zero-order valence-electron chi connectivity index (χ0n) is 10.00. The first-order chi connectivity index (χ1) is 7.27. The maximum Gasteiger partial charge on any atom is 0.110 e. The molecule has 1 aromatic rings. The average molecular weight is 209 g/mol. The van der Waals surface area contributed by atoms with Crippen molar-refractivity contribution in [3.63, 3.8) is 0 Å². The van der Waals surface area contributed by atoms with Crippen LogP contribution >= 0.6 is 0 Å². The second-order valence-corrected chi connectivity index (χ2v) is 4.12. The van der Waals surface area contributed by atoms with Crippen LogP contribution in [-0.4, -0.2) is 9.55 Å². The summed E-state index contributed by atoms with van der Waals surface area (Å²) in [4.78, 5) is 4.48. The van der Waals surface area contributed by atoms with Gasteiger partial charge in [-0.2, -0.15) is 0 Å². The highest BCUT2D eigenvalue weighted by atomic mass is 15.1. The Morgan fingerprint density at radius 1 is 1.27 bits per heavy atom. The van der Waals surface area contributed by atoms with Crippen LogP contribution in [0.4, 0.5) is 0 Å². The van der Waals surface area contributed by atoms with Gasteiger partial charge in [-0.05, 0) is 13.3 Å². The third-order valence-corrected chi connectivity index (χ3v) is 2.68. The second-order valence-electron chi connectivity index (χ2n) is 4.12. The van der Waals surface area contributed by atoms with Gasteiger partial charge in [-0.25, -0.2) is 4.98 Å². The normalized spacial score (nSPS) is 10.9. The molecule has 0 spiro atoms. The number of aryl methyl sites for hydroxylation is 2. The average Bonchev–Trinajstić information content (AvgIpc) is 2.59. The van der Waals surface area contributed by atoms with Crippen molar-refractivity contribution in [2.24, 2.45) is 5.73 Å². The molecule has 0 radical (unpaired) electrons. The van der Waals surface area contributed by atoms with E-state index in [9.17, 15) is 0 Å². The Morgan fingerprint density at radius 2 is 2.00 bits per heavy atom. The van der Waals surface area contributed by atoms with E-state index in [-0.39, 0.29) is 0 Å². The van der Waals surface area contributed by atoms with Crippen LogP contribution in [-0.2, 0) is 13.1 Å². The van der Waals surface area contributed by atoms with Gasteiger partial charge in [-0.1, -0.05) is 32.6 Å². The summed E-state index contributed by atoms with van der Waals surface area (Å²) in [6.45, 7) is 4.81. The number of hydrogen-bond donors (Lipinski definition) is 1. The summed E-state index contributed by atoms with van der Waals surface area (Å²) >= 11 is 0. The zero-order valence-corrected chi connectivity index (χ0v) is 10.00. The van der Waals surface area contributed by atoms with Crippen LogP contribution in [0.3, 0.4) is 0 Å². The van der Waals surface area contributed by atoms with E-state index < -0.39 is 0 Å². The fourth-order valence-corrected chi connectivity index (χ4v) is 1.84. The molecular weight excluding hydrogens is 186 g/mol. The van der Waals surface area contributed by atoms with Gasteiger partial charge >= 0.3 is 0 Å². The van der Waals surface area contributed by atoms with Crippen molar-refractivity contribution in [1.82, 2.24) is 9.55 Å². The molecule has 2 N–H and O–H groups in total. The molecule has 3 nitrogen and oxygen atoms in total. The van der Waals surface area contributed by atoms with Crippen molar-refractivity contribution in [3.8, 4) is 0 Å². The molecule has 0 aromatic carbocycles. The Hall–Kier alpha value is -0.830. The highest BCUT2D eigenvalue weighted by Crippen LogP contribution is 2.09. The molecule has 0 atom stereocenters. The quantitative estimate of drug-likeness (QED) is 0.701. The molecule has 0 aliphatic carbocycles. The lowest BCUT2D eigenvalue weighted by molar-refractivity contribution is 0.598. The number of unbranched alkanes of at least 4 members (excludes halogenated alkanes) is 4. The van der Waals surface area contributed by atoms with Crippen LogP contribution in [0.2, 0.25) is 0 Å². The van der Waals surface area contributed by atoms with Crippen molar-refractivity contribution < 1.29 is 0 Å². The SMILES string of the molecule is CCCCCCCc1nc(C)cn1CN. The zero-order chi connectivity index (χ0) is 11.1. The summed E-state index contributed by atoms with van der Waals surface area (Å²) in [6.07, 6.45) is 9.64. The first-order valence-corrected chi connectivity index (χ1v) is 6.00. The molecule has 0 amide bonds. The number of nitrogens with zero attached hydrogens (tertiary/aromatic N) is 2. The van der Waals surface area contributed by atoms with Crippen molar-refractivity contribution in [3.05, 3.63) is 17.7 Å². The lowest BCUT2D eigenvalue weighted by Crippen LogP contribution is -2.09. The molecule has 0 fully saturated rings. The molecule has 0 aliphatic heterocycles. The van der Waals surface area contributed by atoms with Crippen molar-refractivity contribution >= 4 is 0 Å². The predicted molar refractivity (Wildman–Crippen MR) is 63.6 cm³/mol. The standard InChI is InChI=1S/C12H23N3/c1-3-4-5-6-7-8-12-14-11(2)9-15(12)10-13/h9H,3-8,10,13H2,1-2H3. The van der Waals surface area contributed by atoms with Crippen LogP contribution in [0.5, 0.6) is 0 Å². The smallest absolute Gasteiger partial charge is 0.110 e. The van der Waals surface area contributed by atoms with E-state index in [1.54, 1.807) is 0 Å². The summed E-state index contributed by atoms with van der Waals surface area (Å²) in [5.41, 5.74) is 6.71. The molecule has 3 heteroatoms. The van der Waals surface area contributed by atoms with Crippen LogP contribution < -0.4 is 5.73 Å². The van der Waals surface area contributed by atoms with Gasteiger partial charge in [0, 0.05) is 12.6 Å². The van der Waals surface area contributed by atoms with Crippen LogP contribution in [0.25, 0.3) is 0 Å². The van der Waals surface area contributed by atoms with Gasteiger partial charge in [0.2, 0.25) is 0 Å². The lowest BCUT2D eigenvalue weighted by atomic mass is 10.1. The molecule has 0 bridgehead atoms. The largest absolute Gasteiger partial charge is 0.322 e. The third kappa shape index (κ3) is 4.04. The fourth-order valence-electron chi connectivity index (χ4n) is 1.84. The topological polar surface area (TPSA) is 43.8 Å². The molecule has 1 heterocycles. The molecule has 0 aliphatic rings. The Kier molecular flexibility index (Phi) is 5.40. The number of nitrogens with two attached hydrogens (primary N) is 1. The van der Waals surface area contributed by atoms with Gasteiger partial charge in [0.1, 0.15) is 5.82 Å². The molecule has 0 unspecified atom stereocenters. The van der Waals surface area contributed by atoms with E-state index >= 15 is 0 Å². The van der Waals surface area contributed by atoms with Gasteiger partial charge < -0.3 is 10.3 Å². The maximum atomic E-state index is 5.64. The van der Waals surface area contributed by atoms with Crippen LogP contribution in [0.15, 0.2) is 6.20 Å². The third-order valence-electron chi connectivity index (χ3n) is 2.68. The Labute approximate surface area is 92.7 Å². The number of rotatable bonds is 7. The summed E-state index contributed by atoms with van der Waals surface area (Å²) in [6, 6.07) is 0. The minimum absolute atomic E-state index is 0.547. The van der Waals surface area contributed by atoms with Gasteiger partial charge in [0.05, 0.1) is 12.4 Å². The summed E-state index contributed by atoms with van der Waals surface area (Å²) < 4.78 is 2.05. The summed E-state index contributed by atoms with van der Waals surface area (Å²) in [5, 5.41) is 0. The molecule has 15 heavy (non-hydrogen) atoms. The molecule has 0 saturated carbocycles. The Morgan fingerprint density at radius 3 is 2.67 bits per heavy atom. The minimum atomic E-state index is 0.547. The summed E-state index contributed by atoms with van der Waals surface area (Å²) in [7, 11) is 0. The van der Waals surface area contributed by atoms with Gasteiger partial charge in [-0.15, -0.1) is 0 Å². The molecule has 86 valence electrons. The van der Waals surface area contributed by atoms with E-state index in [1.807, 2.05) is 13.1 Å². The van der Waals surface area contributed by atoms with Crippen LogP contribution in [0.1, 0.15) is 50.5 Å². The van der Waals surface area contributed by atoms with E-state index in [0.717, 1.165) is 17.9 Å². The van der Waals surface area contributed by atoms with Gasteiger partial charge in [0.25, 0.3) is 0 Å². The monoisotopic (exact) mass is 209 g/mol. The number of imidazole rings is 1. The van der Waals surface area contributed by atoms with E-state index in [4.69, 9.17) is 5.73 Å². The highest BCUT2D eigenvalue weighted by molar-refractivity contribution is 5.02. The van der Waals surface area contributed by atoms with E-state index in [0.29, 0.717) is 6.67 Å². The van der Waals surface area contributed by atoms with Crippen LogP contribution in [0, 0.1) is 6.92 Å². The minimum Gasteiger partial charge on any atom is -0.322 e. The highest BCUT2D eigenvalue weighted by Gasteiger charge is 2.03. The number of aromatic nitrogens is 2. The number of hydrogen-bond acceptors (Lipinski definition) is 2. The molecule has 1 rings (SSSR count). The molecule has 0 saturated heterocycles. The molecular formula is C12H23N3. The predicted octanol–water partition coefficient (Wildman–Crippen LogP) is 2.62. The van der Waals surface area contributed by atoms with Crippen molar-refractivity contribution in [2.45, 2.75) is 59.0 Å². The first-order valence-electron chi connectivity index (χ1n) is 6.00. The Balaban J connectivity index is 2.30. The maximum absolute atomic E-state index is 5.64. The second kappa shape index (κ2) is 6.62. The fraction of sp³-hybridized carbons (Fsp3) is 0.750. The van der Waals surface area contributed by atoms with Gasteiger partial charge in [-0.3, -0.25) is 0 Å². The van der Waals surface area contributed by atoms with Crippen molar-refractivity contribution in [2.75, 3.05) is 0 Å². The van der Waals surface area contributed by atoms with E-state index in [2.05, 4.69) is 16.5 Å². The first kappa shape index (κ1) is 12.2.